The Morgan fingerprint density at radius 3 is 2.57 bits per heavy atom. The van der Waals surface area contributed by atoms with E-state index in [1.54, 1.807) is 0 Å². The lowest BCUT2D eigenvalue weighted by molar-refractivity contribution is 0.447. The summed E-state index contributed by atoms with van der Waals surface area (Å²) in [5.74, 6) is 1.82. The maximum absolute atomic E-state index is 4.78. The topological polar surface area (TPSA) is 40.7 Å². The maximum atomic E-state index is 4.78. The molecule has 1 aliphatic heterocycles. The van der Waals surface area contributed by atoms with Crippen molar-refractivity contribution in [1.29, 1.82) is 0 Å². The first-order chi connectivity index (χ1) is 9.92. The van der Waals surface area contributed by atoms with Crippen LogP contribution in [0.25, 0.3) is 0 Å². The van der Waals surface area contributed by atoms with Crippen LogP contribution in [0, 0.1) is 0 Å². The SMILES string of the molecule is Cl.c1ccc(CCCc2c[nH]c(C3CCNCC3)n2)cc1. The minimum atomic E-state index is 0. The first kappa shape index (κ1) is 16.1. The molecule has 3 nitrogen and oxygen atoms in total. The Morgan fingerprint density at radius 2 is 1.81 bits per heavy atom. The van der Waals surface area contributed by atoms with Gasteiger partial charge >= 0.3 is 0 Å². The Balaban J connectivity index is 0.00000161. The number of rotatable bonds is 5. The Hall–Kier alpha value is -1.32. The van der Waals surface area contributed by atoms with E-state index in [2.05, 4.69) is 46.8 Å². The van der Waals surface area contributed by atoms with E-state index in [0.717, 1.165) is 25.9 Å². The predicted molar refractivity (Wildman–Crippen MR) is 89.1 cm³/mol. The number of piperidine rings is 1. The van der Waals surface area contributed by atoms with Crippen LogP contribution >= 0.6 is 12.4 Å². The van der Waals surface area contributed by atoms with E-state index in [4.69, 9.17) is 4.98 Å². The monoisotopic (exact) mass is 305 g/mol. The fourth-order valence-corrected chi connectivity index (χ4v) is 2.93. The van der Waals surface area contributed by atoms with E-state index in [1.807, 2.05) is 0 Å². The second kappa shape index (κ2) is 8.20. The molecule has 0 unspecified atom stereocenters. The van der Waals surface area contributed by atoms with Gasteiger partial charge in [-0.15, -0.1) is 12.4 Å². The normalized spacial score (nSPS) is 15.6. The van der Waals surface area contributed by atoms with Gasteiger partial charge in [-0.1, -0.05) is 30.3 Å². The van der Waals surface area contributed by atoms with Crippen LogP contribution in [-0.4, -0.2) is 23.1 Å². The average Bonchev–Trinajstić information content (AvgIpc) is 2.98. The Kier molecular flexibility index (Phi) is 6.27. The highest BCUT2D eigenvalue weighted by molar-refractivity contribution is 5.85. The van der Waals surface area contributed by atoms with Gasteiger partial charge in [0.25, 0.3) is 0 Å². The number of aromatic amines is 1. The van der Waals surface area contributed by atoms with Crippen LogP contribution in [0.4, 0.5) is 0 Å². The Morgan fingerprint density at radius 1 is 1.05 bits per heavy atom. The van der Waals surface area contributed by atoms with Crippen molar-refractivity contribution in [3.8, 4) is 0 Å². The van der Waals surface area contributed by atoms with Crippen molar-refractivity contribution < 1.29 is 0 Å². The molecule has 0 spiro atoms. The lowest BCUT2D eigenvalue weighted by atomic mass is 9.98. The van der Waals surface area contributed by atoms with Gasteiger partial charge in [-0.05, 0) is 50.8 Å². The lowest BCUT2D eigenvalue weighted by Crippen LogP contribution is -2.27. The third kappa shape index (κ3) is 4.58. The molecule has 2 N–H and O–H groups in total. The van der Waals surface area contributed by atoms with Gasteiger partial charge in [0.15, 0.2) is 0 Å². The number of imidazole rings is 1. The van der Waals surface area contributed by atoms with Crippen molar-refractivity contribution in [2.45, 2.75) is 38.0 Å². The molecule has 2 aromatic rings. The molecule has 1 aromatic heterocycles. The van der Waals surface area contributed by atoms with Crippen molar-refractivity contribution in [2.24, 2.45) is 0 Å². The fraction of sp³-hybridized carbons (Fsp3) is 0.471. The predicted octanol–water partition coefficient (Wildman–Crippen LogP) is 3.47. The zero-order chi connectivity index (χ0) is 13.6. The molecule has 0 radical (unpaired) electrons. The number of H-pyrrole nitrogens is 1. The summed E-state index contributed by atoms with van der Waals surface area (Å²) < 4.78 is 0. The zero-order valence-electron chi connectivity index (χ0n) is 12.3. The Labute approximate surface area is 133 Å². The highest BCUT2D eigenvalue weighted by atomic mass is 35.5. The highest BCUT2D eigenvalue weighted by Gasteiger charge is 2.17. The van der Waals surface area contributed by atoms with Crippen LogP contribution in [0.15, 0.2) is 36.5 Å². The summed E-state index contributed by atoms with van der Waals surface area (Å²) in [6.45, 7) is 2.24. The molecule has 0 atom stereocenters. The van der Waals surface area contributed by atoms with Crippen LogP contribution < -0.4 is 5.32 Å². The molecule has 2 heterocycles. The van der Waals surface area contributed by atoms with Crippen LogP contribution in [0.1, 0.15) is 42.3 Å². The molecule has 0 amide bonds. The van der Waals surface area contributed by atoms with Gasteiger partial charge in [0.1, 0.15) is 5.82 Å². The molecule has 3 rings (SSSR count). The number of halogens is 1. The van der Waals surface area contributed by atoms with Crippen molar-refractivity contribution in [3.05, 3.63) is 53.6 Å². The second-order valence-electron chi connectivity index (χ2n) is 5.64. The van der Waals surface area contributed by atoms with Gasteiger partial charge in [-0.2, -0.15) is 0 Å². The first-order valence-electron chi connectivity index (χ1n) is 7.70. The van der Waals surface area contributed by atoms with Crippen molar-refractivity contribution in [3.63, 3.8) is 0 Å². The average molecular weight is 306 g/mol. The van der Waals surface area contributed by atoms with Crippen LogP contribution in [0.3, 0.4) is 0 Å². The first-order valence-corrected chi connectivity index (χ1v) is 7.70. The summed E-state index contributed by atoms with van der Waals surface area (Å²) in [6.07, 6.45) is 7.88. The molecule has 4 heteroatoms. The summed E-state index contributed by atoms with van der Waals surface area (Å²) in [5.41, 5.74) is 2.64. The minimum absolute atomic E-state index is 0. The molecule has 114 valence electrons. The number of hydrogen-bond donors (Lipinski definition) is 2. The van der Waals surface area contributed by atoms with Crippen molar-refractivity contribution >= 4 is 12.4 Å². The number of nitrogens with zero attached hydrogens (tertiary/aromatic N) is 1. The third-order valence-electron chi connectivity index (χ3n) is 4.12. The van der Waals surface area contributed by atoms with Gasteiger partial charge < -0.3 is 10.3 Å². The van der Waals surface area contributed by atoms with Gasteiger partial charge in [-0.3, -0.25) is 0 Å². The molecule has 21 heavy (non-hydrogen) atoms. The molecule has 0 saturated carbocycles. The molecule has 0 aliphatic carbocycles. The summed E-state index contributed by atoms with van der Waals surface area (Å²) in [7, 11) is 0. The smallest absolute Gasteiger partial charge is 0.109 e. The van der Waals surface area contributed by atoms with Crippen LogP contribution in [0.2, 0.25) is 0 Å². The standard InChI is InChI=1S/C17H23N3.ClH/c1-2-5-14(6-3-1)7-4-8-16-13-19-17(20-16)15-9-11-18-12-10-15;/h1-3,5-6,13,15,18H,4,7-12H2,(H,19,20);1H. The van der Waals surface area contributed by atoms with Gasteiger partial charge in [0, 0.05) is 12.1 Å². The largest absolute Gasteiger partial charge is 0.348 e. The highest BCUT2D eigenvalue weighted by Crippen LogP contribution is 2.22. The summed E-state index contributed by atoms with van der Waals surface area (Å²) in [4.78, 5) is 8.17. The quantitative estimate of drug-likeness (QED) is 0.888. The maximum Gasteiger partial charge on any atom is 0.109 e. The second-order valence-corrected chi connectivity index (χ2v) is 5.64. The third-order valence-corrected chi connectivity index (χ3v) is 4.12. The molecular formula is C17H24ClN3. The number of benzene rings is 1. The molecule has 1 aromatic carbocycles. The van der Waals surface area contributed by atoms with Crippen molar-refractivity contribution in [2.75, 3.05) is 13.1 Å². The molecule has 1 saturated heterocycles. The summed E-state index contributed by atoms with van der Waals surface area (Å²) in [5, 5.41) is 3.40. The minimum Gasteiger partial charge on any atom is -0.348 e. The van der Waals surface area contributed by atoms with E-state index in [1.165, 1.54) is 36.3 Å². The van der Waals surface area contributed by atoms with Gasteiger partial charge in [0.2, 0.25) is 0 Å². The zero-order valence-corrected chi connectivity index (χ0v) is 13.2. The molecule has 1 aliphatic rings. The number of aryl methyl sites for hydroxylation is 2. The number of aromatic nitrogens is 2. The van der Waals surface area contributed by atoms with E-state index in [0.29, 0.717) is 5.92 Å². The number of hydrogen-bond acceptors (Lipinski definition) is 2. The molecule has 1 fully saturated rings. The van der Waals surface area contributed by atoms with E-state index in [9.17, 15) is 0 Å². The fourth-order valence-electron chi connectivity index (χ4n) is 2.93. The van der Waals surface area contributed by atoms with Crippen LogP contribution in [0.5, 0.6) is 0 Å². The molecular weight excluding hydrogens is 282 g/mol. The Bertz CT molecular complexity index is 518. The van der Waals surface area contributed by atoms with E-state index < -0.39 is 0 Å². The molecule has 0 bridgehead atoms. The summed E-state index contributed by atoms with van der Waals surface area (Å²) in [6, 6.07) is 10.7. The summed E-state index contributed by atoms with van der Waals surface area (Å²) >= 11 is 0. The van der Waals surface area contributed by atoms with E-state index in [-0.39, 0.29) is 12.4 Å². The number of nitrogens with one attached hydrogen (secondary N) is 2. The van der Waals surface area contributed by atoms with Gasteiger partial charge in [0.05, 0.1) is 5.69 Å². The lowest BCUT2D eigenvalue weighted by Gasteiger charge is -2.20. The van der Waals surface area contributed by atoms with Gasteiger partial charge in [-0.25, -0.2) is 4.98 Å². The van der Waals surface area contributed by atoms with Crippen LogP contribution in [-0.2, 0) is 12.8 Å². The van der Waals surface area contributed by atoms with E-state index >= 15 is 0 Å². The van der Waals surface area contributed by atoms with Crippen molar-refractivity contribution in [1.82, 2.24) is 15.3 Å².